The maximum absolute atomic E-state index is 12.8. The fourth-order valence-corrected chi connectivity index (χ4v) is 3.81. The van der Waals surface area contributed by atoms with Gasteiger partial charge in [0.2, 0.25) is 0 Å². The van der Waals surface area contributed by atoms with Gasteiger partial charge in [-0.1, -0.05) is 38.3 Å². The lowest BCUT2D eigenvalue weighted by molar-refractivity contribution is 0.0682. The van der Waals surface area contributed by atoms with E-state index in [1.54, 1.807) is 12.1 Å². The summed E-state index contributed by atoms with van der Waals surface area (Å²) < 4.78 is 18.1. The Balaban J connectivity index is 1.57. The van der Waals surface area contributed by atoms with Crippen molar-refractivity contribution in [3.63, 3.8) is 0 Å². The lowest BCUT2D eigenvalue weighted by Gasteiger charge is -2.15. The molecule has 0 bridgehead atoms. The summed E-state index contributed by atoms with van der Waals surface area (Å²) in [6, 6.07) is 12.9. The molecular weight excluding hydrogens is 446 g/mol. The number of halogens is 1. The van der Waals surface area contributed by atoms with Gasteiger partial charge in [0.25, 0.3) is 5.91 Å². The van der Waals surface area contributed by atoms with Crippen LogP contribution in [0.25, 0.3) is 0 Å². The number of carbonyl (C=O) groups excluding carboxylic acids is 1. The van der Waals surface area contributed by atoms with Crippen molar-refractivity contribution >= 4 is 27.5 Å². The van der Waals surface area contributed by atoms with E-state index in [4.69, 9.17) is 14.2 Å². The van der Waals surface area contributed by atoms with Gasteiger partial charge < -0.3 is 19.5 Å². The molecule has 1 fully saturated rings. The number of anilines is 1. The maximum Gasteiger partial charge on any atom is 0.255 e. The standard InChI is InChI=1S/C24H30BrNO4/c1-2-3-4-7-14-29-22-13-12-18(16-20(22)25)24(27)26-21-10-5-6-11-23(21)30-17-19-9-8-15-28-19/h5-6,10-13,16,19H,2-4,7-9,14-15,17H2,1H3,(H,26,27). The normalized spacial score (nSPS) is 15.7. The molecule has 6 heteroatoms. The maximum atomic E-state index is 12.8. The first-order valence-corrected chi connectivity index (χ1v) is 11.5. The highest BCUT2D eigenvalue weighted by atomic mass is 79.9. The molecule has 2 aromatic carbocycles. The van der Waals surface area contributed by atoms with Crippen LogP contribution in [0.5, 0.6) is 11.5 Å². The van der Waals surface area contributed by atoms with Gasteiger partial charge in [-0.15, -0.1) is 0 Å². The Morgan fingerprint density at radius 3 is 2.77 bits per heavy atom. The molecule has 30 heavy (non-hydrogen) atoms. The van der Waals surface area contributed by atoms with E-state index < -0.39 is 0 Å². The summed E-state index contributed by atoms with van der Waals surface area (Å²) in [5.41, 5.74) is 1.20. The molecule has 1 N–H and O–H groups in total. The first-order chi connectivity index (χ1) is 14.7. The van der Waals surface area contributed by atoms with Crippen LogP contribution >= 0.6 is 15.9 Å². The number of hydrogen-bond donors (Lipinski definition) is 1. The van der Waals surface area contributed by atoms with Crippen molar-refractivity contribution in [1.29, 1.82) is 0 Å². The zero-order chi connectivity index (χ0) is 21.2. The highest BCUT2D eigenvalue weighted by molar-refractivity contribution is 9.10. The van der Waals surface area contributed by atoms with Crippen LogP contribution in [0.3, 0.4) is 0 Å². The molecule has 1 atom stereocenters. The summed E-state index contributed by atoms with van der Waals surface area (Å²) in [5.74, 6) is 1.20. The van der Waals surface area contributed by atoms with Crippen LogP contribution in [-0.2, 0) is 4.74 Å². The molecule has 0 spiro atoms. The predicted molar refractivity (Wildman–Crippen MR) is 123 cm³/mol. The Morgan fingerprint density at radius 2 is 2.00 bits per heavy atom. The number of benzene rings is 2. The average molecular weight is 476 g/mol. The molecule has 162 valence electrons. The number of nitrogens with one attached hydrogen (secondary N) is 1. The minimum atomic E-state index is -0.196. The van der Waals surface area contributed by atoms with Crippen molar-refractivity contribution < 1.29 is 19.0 Å². The van der Waals surface area contributed by atoms with E-state index in [0.717, 1.165) is 36.1 Å². The minimum Gasteiger partial charge on any atom is -0.492 e. The highest BCUT2D eigenvalue weighted by Crippen LogP contribution is 2.29. The Morgan fingerprint density at radius 1 is 1.13 bits per heavy atom. The van der Waals surface area contributed by atoms with Gasteiger partial charge in [0.15, 0.2) is 0 Å². The van der Waals surface area contributed by atoms with Gasteiger partial charge in [0.1, 0.15) is 18.1 Å². The van der Waals surface area contributed by atoms with Crippen LogP contribution in [-0.4, -0.2) is 31.8 Å². The molecule has 1 unspecified atom stereocenters. The Labute approximate surface area is 187 Å². The summed E-state index contributed by atoms with van der Waals surface area (Å²) in [4.78, 5) is 12.8. The second kappa shape index (κ2) is 12.0. The summed E-state index contributed by atoms with van der Waals surface area (Å²) in [7, 11) is 0. The number of unbranched alkanes of at least 4 members (excludes halogenated alkanes) is 3. The van der Waals surface area contributed by atoms with Crippen LogP contribution < -0.4 is 14.8 Å². The third kappa shape index (κ3) is 6.74. The minimum absolute atomic E-state index is 0.124. The second-order valence-corrected chi connectivity index (χ2v) is 8.30. The van der Waals surface area contributed by atoms with Gasteiger partial charge in [0, 0.05) is 12.2 Å². The summed E-state index contributed by atoms with van der Waals surface area (Å²) in [6.07, 6.45) is 6.83. The number of rotatable bonds is 11. The van der Waals surface area contributed by atoms with Gasteiger partial charge in [-0.05, 0) is 65.5 Å². The number of ether oxygens (including phenoxy) is 3. The highest BCUT2D eigenvalue weighted by Gasteiger charge is 2.17. The molecule has 0 aromatic heterocycles. The van der Waals surface area contributed by atoms with Gasteiger partial charge in [0.05, 0.1) is 22.9 Å². The second-order valence-electron chi connectivity index (χ2n) is 7.45. The van der Waals surface area contributed by atoms with Crippen molar-refractivity contribution in [1.82, 2.24) is 0 Å². The molecule has 1 aliphatic rings. The molecule has 2 aromatic rings. The van der Waals surface area contributed by atoms with Crippen molar-refractivity contribution in [2.45, 2.75) is 51.6 Å². The Hall–Kier alpha value is -2.05. The smallest absolute Gasteiger partial charge is 0.255 e. The van der Waals surface area contributed by atoms with E-state index in [1.165, 1.54) is 19.3 Å². The number of para-hydroxylation sites is 2. The Bertz CT molecular complexity index is 821. The molecule has 3 rings (SSSR count). The zero-order valence-corrected chi connectivity index (χ0v) is 19.1. The molecular formula is C24H30BrNO4. The fourth-order valence-electron chi connectivity index (χ4n) is 3.32. The zero-order valence-electron chi connectivity index (χ0n) is 17.5. The van der Waals surface area contributed by atoms with Crippen molar-refractivity contribution in [3.05, 3.63) is 52.5 Å². The largest absolute Gasteiger partial charge is 0.492 e. The summed E-state index contributed by atoms with van der Waals surface area (Å²) >= 11 is 3.52. The Kier molecular flexibility index (Phi) is 9.02. The molecule has 5 nitrogen and oxygen atoms in total. The third-order valence-corrected chi connectivity index (χ3v) is 5.65. The van der Waals surface area contributed by atoms with Crippen molar-refractivity contribution in [2.75, 3.05) is 25.1 Å². The van der Waals surface area contributed by atoms with Crippen molar-refractivity contribution in [3.8, 4) is 11.5 Å². The topological polar surface area (TPSA) is 56.8 Å². The van der Waals surface area contributed by atoms with Gasteiger partial charge in [-0.3, -0.25) is 4.79 Å². The number of amides is 1. The molecule has 0 radical (unpaired) electrons. The summed E-state index contributed by atoms with van der Waals surface area (Å²) in [6.45, 7) is 4.15. The number of hydrogen-bond acceptors (Lipinski definition) is 4. The first-order valence-electron chi connectivity index (χ1n) is 10.7. The molecule has 1 amide bonds. The van der Waals surface area contributed by atoms with Crippen LogP contribution in [0, 0.1) is 0 Å². The lowest BCUT2D eigenvalue weighted by atomic mass is 10.2. The van der Waals surface area contributed by atoms with E-state index in [9.17, 15) is 4.79 Å². The van der Waals surface area contributed by atoms with Gasteiger partial charge in [-0.2, -0.15) is 0 Å². The monoisotopic (exact) mass is 475 g/mol. The van der Waals surface area contributed by atoms with Crippen LogP contribution in [0.4, 0.5) is 5.69 Å². The van der Waals surface area contributed by atoms with Crippen LogP contribution in [0.1, 0.15) is 55.8 Å². The molecule has 1 aliphatic heterocycles. The van der Waals surface area contributed by atoms with E-state index in [2.05, 4.69) is 28.2 Å². The number of carbonyl (C=O) groups is 1. The van der Waals surface area contributed by atoms with E-state index in [1.807, 2.05) is 30.3 Å². The first kappa shape index (κ1) is 22.6. The lowest BCUT2D eigenvalue weighted by Crippen LogP contribution is -2.18. The van der Waals surface area contributed by atoms with Crippen LogP contribution in [0.15, 0.2) is 46.9 Å². The van der Waals surface area contributed by atoms with E-state index in [-0.39, 0.29) is 12.0 Å². The third-order valence-electron chi connectivity index (χ3n) is 5.03. The van der Waals surface area contributed by atoms with E-state index in [0.29, 0.717) is 30.2 Å². The molecule has 0 saturated carbocycles. The summed E-state index contributed by atoms with van der Waals surface area (Å²) in [5, 5.41) is 2.95. The van der Waals surface area contributed by atoms with Gasteiger partial charge in [-0.25, -0.2) is 0 Å². The SMILES string of the molecule is CCCCCCOc1ccc(C(=O)Nc2ccccc2OCC2CCCO2)cc1Br. The predicted octanol–water partition coefficient (Wildman–Crippen LogP) is 6.22. The molecule has 1 heterocycles. The van der Waals surface area contributed by atoms with Crippen molar-refractivity contribution in [2.24, 2.45) is 0 Å². The van der Waals surface area contributed by atoms with Crippen LogP contribution in [0.2, 0.25) is 0 Å². The molecule has 1 saturated heterocycles. The average Bonchev–Trinajstić information content (AvgIpc) is 3.27. The van der Waals surface area contributed by atoms with Gasteiger partial charge >= 0.3 is 0 Å². The fraction of sp³-hybridized carbons (Fsp3) is 0.458. The quantitative estimate of drug-likeness (QED) is 0.392. The molecule has 0 aliphatic carbocycles. The van der Waals surface area contributed by atoms with E-state index >= 15 is 0 Å².